The molecule has 0 aromatic heterocycles. The Morgan fingerprint density at radius 3 is 2.55 bits per heavy atom. The molecule has 0 aromatic carbocycles. The minimum Gasteiger partial charge on any atom is -0.420 e. The molecule has 0 heterocycles. The van der Waals surface area contributed by atoms with Gasteiger partial charge in [-0.2, -0.15) is 8.42 Å². The van der Waals surface area contributed by atoms with Crippen molar-refractivity contribution in [2.75, 3.05) is 12.3 Å². The maximum atomic E-state index is 11.4. The molecule has 1 aliphatic rings. The predicted octanol–water partition coefficient (Wildman–Crippen LogP) is 1.25. The highest BCUT2D eigenvalue weighted by molar-refractivity contribution is 7.85. The zero-order valence-corrected chi connectivity index (χ0v) is 13.5. The Labute approximate surface area is 130 Å². The van der Waals surface area contributed by atoms with Crippen LogP contribution in [0.25, 0.3) is 0 Å². The van der Waals surface area contributed by atoms with E-state index in [2.05, 4.69) is 5.32 Å². The van der Waals surface area contributed by atoms with Crippen molar-refractivity contribution in [3.8, 4) is 0 Å². The number of carbonyl (C=O) groups is 1. The summed E-state index contributed by atoms with van der Waals surface area (Å²) in [6, 6.07) is 0. The highest BCUT2D eigenvalue weighted by Crippen LogP contribution is 2.27. The topological polar surface area (TPSA) is 122 Å². The molecule has 1 saturated carbocycles. The van der Waals surface area contributed by atoms with Crippen LogP contribution in [0.3, 0.4) is 0 Å². The van der Waals surface area contributed by atoms with Crippen molar-refractivity contribution in [3.05, 3.63) is 0 Å². The number of hydrogen-bond donors (Lipinski definition) is 3. The van der Waals surface area contributed by atoms with Crippen LogP contribution in [0.4, 0.5) is 4.79 Å². The summed E-state index contributed by atoms with van der Waals surface area (Å²) >= 11 is 0. The molecule has 0 aromatic rings. The van der Waals surface area contributed by atoms with E-state index in [4.69, 9.17) is 14.0 Å². The summed E-state index contributed by atoms with van der Waals surface area (Å²) in [4.78, 5) is 11.4. The number of amides is 1. The van der Waals surface area contributed by atoms with Gasteiger partial charge in [0.05, 0.1) is 5.75 Å². The second-order valence-electron chi connectivity index (χ2n) is 5.46. The van der Waals surface area contributed by atoms with Crippen molar-refractivity contribution in [3.63, 3.8) is 0 Å². The largest absolute Gasteiger partial charge is 0.420 e. The molecule has 130 valence electrons. The zero-order valence-electron chi connectivity index (χ0n) is 12.7. The highest BCUT2D eigenvalue weighted by Gasteiger charge is 2.25. The van der Waals surface area contributed by atoms with Gasteiger partial charge in [-0.3, -0.25) is 4.55 Å². The molecule has 1 aliphatic carbocycles. The monoisotopic (exact) mass is 339 g/mol. The summed E-state index contributed by atoms with van der Waals surface area (Å²) < 4.78 is 39.7. The minimum atomic E-state index is -4.02. The molecule has 8 nitrogen and oxygen atoms in total. The molecule has 0 spiro atoms. The number of carbonyl (C=O) groups excluding carboxylic acids is 1. The van der Waals surface area contributed by atoms with Gasteiger partial charge in [0.15, 0.2) is 6.29 Å². The average Bonchev–Trinajstić information content (AvgIpc) is 2.43. The molecular weight excluding hydrogens is 314 g/mol. The molecule has 2 atom stereocenters. The first-order valence-electron chi connectivity index (χ1n) is 7.51. The highest BCUT2D eigenvalue weighted by atomic mass is 32.2. The van der Waals surface area contributed by atoms with Crippen LogP contribution in [0, 0.1) is 5.92 Å². The molecule has 0 bridgehead atoms. The number of aliphatic hydroxyl groups excluding tert-OH is 1. The van der Waals surface area contributed by atoms with Crippen molar-refractivity contribution in [1.82, 2.24) is 5.32 Å². The number of hydrogen-bond acceptors (Lipinski definition) is 6. The van der Waals surface area contributed by atoms with Gasteiger partial charge in [-0.1, -0.05) is 19.3 Å². The average molecular weight is 339 g/mol. The van der Waals surface area contributed by atoms with E-state index >= 15 is 0 Å². The molecule has 1 fully saturated rings. The number of alkyl carbamates (subject to hydrolysis) is 1. The van der Waals surface area contributed by atoms with Crippen LogP contribution in [0.5, 0.6) is 0 Å². The maximum absolute atomic E-state index is 11.4. The molecule has 2 unspecified atom stereocenters. The first-order chi connectivity index (χ1) is 10.3. The second kappa shape index (κ2) is 9.29. The Bertz CT molecular complexity index is 434. The normalized spacial score (nSPS) is 19.4. The van der Waals surface area contributed by atoms with Gasteiger partial charge < -0.3 is 19.9 Å². The van der Waals surface area contributed by atoms with Crippen molar-refractivity contribution >= 4 is 16.2 Å². The molecule has 0 saturated heterocycles. The molecular formula is C13H25NO7S. The molecule has 0 radical (unpaired) electrons. The molecule has 1 amide bonds. The summed E-state index contributed by atoms with van der Waals surface area (Å²) in [5, 5.41) is 12.3. The smallest absolute Gasteiger partial charge is 0.409 e. The van der Waals surface area contributed by atoms with Crippen LogP contribution in [0.1, 0.15) is 45.4 Å². The second-order valence-corrected chi connectivity index (χ2v) is 7.04. The molecule has 22 heavy (non-hydrogen) atoms. The van der Waals surface area contributed by atoms with Crippen LogP contribution in [-0.4, -0.2) is 49.0 Å². The van der Waals surface area contributed by atoms with Crippen molar-refractivity contribution in [2.45, 2.75) is 58.0 Å². The number of rotatable bonds is 8. The summed E-state index contributed by atoms with van der Waals surface area (Å²) in [7, 11) is -4.02. The summed E-state index contributed by atoms with van der Waals surface area (Å²) in [6.07, 6.45) is 2.55. The molecule has 9 heteroatoms. The molecule has 1 rings (SSSR count). The first-order valence-corrected chi connectivity index (χ1v) is 9.12. The summed E-state index contributed by atoms with van der Waals surface area (Å²) in [5.74, 6) is -0.364. The Morgan fingerprint density at radius 1 is 1.32 bits per heavy atom. The van der Waals surface area contributed by atoms with E-state index < -0.39 is 34.5 Å². The van der Waals surface area contributed by atoms with E-state index in [0.717, 1.165) is 25.7 Å². The zero-order chi connectivity index (χ0) is 16.6. The van der Waals surface area contributed by atoms with Gasteiger partial charge >= 0.3 is 6.09 Å². The van der Waals surface area contributed by atoms with Gasteiger partial charge in [0.1, 0.15) is 0 Å². The van der Waals surface area contributed by atoms with Gasteiger partial charge in [0, 0.05) is 12.5 Å². The Kier molecular flexibility index (Phi) is 8.08. The van der Waals surface area contributed by atoms with Crippen LogP contribution >= 0.6 is 0 Å². The van der Waals surface area contributed by atoms with Gasteiger partial charge in [-0.15, -0.1) is 0 Å². The van der Waals surface area contributed by atoms with E-state index in [9.17, 15) is 18.3 Å². The van der Waals surface area contributed by atoms with Gasteiger partial charge in [-0.25, -0.2) is 4.79 Å². The number of ether oxygens (including phenoxy) is 2. The Balaban J connectivity index is 2.17. The van der Waals surface area contributed by atoms with E-state index in [-0.39, 0.29) is 18.9 Å². The molecule has 3 N–H and O–H groups in total. The van der Waals surface area contributed by atoms with Gasteiger partial charge in [0.25, 0.3) is 10.1 Å². The predicted molar refractivity (Wildman–Crippen MR) is 78.6 cm³/mol. The fraction of sp³-hybridized carbons (Fsp3) is 0.923. The lowest BCUT2D eigenvalue weighted by atomic mass is 9.89. The third-order valence-electron chi connectivity index (χ3n) is 3.51. The lowest BCUT2D eigenvalue weighted by Gasteiger charge is -2.28. The lowest BCUT2D eigenvalue weighted by Crippen LogP contribution is -2.34. The SMILES string of the molecule is CC(OC(=O)NCCCS(=O)(=O)O)OC(O)C1CCCCC1. The van der Waals surface area contributed by atoms with E-state index in [0.29, 0.717) is 0 Å². The number of aliphatic hydroxyl groups is 1. The lowest BCUT2D eigenvalue weighted by molar-refractivity contribution is -0.222. The summed E-state index contributed by atoms with van der Waals surface area (Å²) in [5.41, 5.74) is 0. The maximum Gasteiger partial charge on any atom is 0.409 e. The van der Waals surface area contributed by atoms with Gasteiger partial charge in [-0.05, 0) is 26.2 Å². The Hall–Kier alpha value is -0.900. The third-order valence-corrected chi connectivity index (χ3v) is 4.31. The quantitative estimate of drug-likeness (QED) is 0.345. The van der Waals surface area contributed by atoms with Crippen molar-refractivity contribution in [2.24, 2.45) is 5.92 Å². The van der Waals surface area contributed by atoms with E-state index in [1.54, 1.807) is 0 Å². The van der Waals surface area contributed by atoms with Crippen LogP contribution in [-0.2, 0) is 19.6 Å². The van der Waals surface area contributed by atoms with E-state index in [1.807, 2.05) is 0 Å². The standard InChI is InChI=1S/C13H25NO7S/c1-10(20-12(15)11-6-3-2-4-7-11)21-13(16)14-8-5-9-22(17,18)19/h10-12,15H,2-9H2,1H3,(H,14,16)(H,17,18,19). The number of nitrogens with one attached hydrogen (secondary N) is 1. The van der Waals surface area contributed by atoms with Crippen molar-refractivity contribution < 1.29 is 32.3 Å². The first kappa shape index (κ1) is 19.1. The van der Waals surface area contributed by atoms with Gasteiger partial charge in [0.2, 0.25) is 6.29 Å². The van der Waals surface area contributed by atoms with E-state index in [1.165, 1.54) is 13.3 Å². The fourth-order valence-corrected chi connectivity index (χ4v) is 2.90. The van der Waals surface area contributed by atoms with Crippen molar-refractivity contribution in [1.29, 1.82) is 0 Å². The molecule has 0 aliphatic heterocycles. The fourth-order valence-electron chi connectivity index (χ4n) is 2.39. The van der Waals surface area contributed by atoms with Crippen LogP contribution < -0.4 is 5.32 Å². The minimum absolute atomic E-state index is 0.0521. The summed E-state index contributed by atoms with van der Waals surface area (Å²) in [6.45, 7) is 1.56. The van der Waals surface area contributed by atoms with Crippen LogP contribution in [0.15, 0.2) is 0 Å². The van der Waals surface area contributed by atoms with Crippen LogP contribution in [0.2, 0.25) is 0 Å². The Morgan fingerprint density at radius 2 is 1.95 bits per heavy atom. The third kappa shape index (κ3) is 8.52.